The highest BCUT2D eigenvalue weighted by Gasteiger charge is 2.29. The number of nitrogens with zero attached hydrogens (tertiary/aromatic N) is 1. The number of rotatable bonds is 5. The first-order chi connectivity index (χ1) is 13.1. The van der Waals surface area contributed by atoms with Crippen molar-refractivity contribution in [3.63, 3.8) is 0 Å². The van der Waals surface area contributed by atoms with Gasteiger partial charge >= 0.3 is 0 Å². The zero-order valence-electron chi connectivity index (χ0n) is 15.4. The normalized spacial score (nSPS) is 21.3. The second kappa shape index (κ2) is 10.1. The first kappa shape index (κ1) is 20.2. The van der Waals surface area contributed by atoms with Gasteiger partial charge in [-0.05, 0) is 31.4 Å². The molecule has 2 N–H and O–H groups in total. The van der Waals surface area contributed by atoms with E-state index in [0.717, 1.165) is 18.0 Å². The Kier molecular flexibility index (Phi) is 7.59. The molecule has 3 rings (SSSR count). The molecule has 7 heteroatoms. The highest BCUT2D eigenvalue weighted by molar-refractivity contribution is 8.15. The van der Waals surface area contributed by atoms with Gasteiger partial charge in [-0.15, -0.1) is 0 Å². The Bertz CT molecular complexity index is 702. The number of amides is 2. The van der Waals surface area contributed by atoms with Gasteiger partial charge in [-0.1, -0.05) is 67.6 Å². The maximum atomic E-state index is 12.2. The number of hydrogen-bond acceptors (Lipinski definition) is 4. The lowest BCUT2D eigenvalue weighted by Crippen LogP contribution is -2.33. The molecule has 1 aromatic carbocycles. The summed E-state index contributed by atoms with van der Waals surface area (Å²) >= 11 is 7.52. The molecular formula is C20H26ClN3O2S. The van der Waals surface area contributed by atoms with E-state index in [1.165, 1.54) is 43.9 Å². The number of halogens is 1. The summed E-state index contributed by atoms with van der Waals surface area (Å²) in [5.41, 5.74) is 0.451. The maximum absolute atomic E-state index is 12.2. The third kappa shape index (κ3) is 5.98. The van der Waals surface area contributed by atoms with Gasteiger partial charge in [-0.25, -0.2) is 0 Å². The number of amidine groups is 1. The number of aliphatic imine (C=N–C) groups is 1. The van der Waals surface area contributed by atoms with Crippen LogP contribution < -0.4 is 10.6 Å². The Morgan fingerprint density at radius 3 is 2.59 bits per heavy atom. The summed E-state index contributed by atoms with van der Waals surface area (Å²) in [6.07, 6.45) is 9.25. The van der Waals surface area contributed by atoms with Crippen molar-refractivity contribution >= 4 is 40.3 Å². The first-order valence-electron chi connectivity index (χ1n) is 9.72. The fourth-order valence-electron chi connectivity index (χ4n) is 3.46. The van der Waals surface area contributed by atoms with Gasteiger partial charge in [0.15, 0.2) is 5.17 Å². The maximum Gasteiger partial charge on any atom is 0.261 e. The summed E-state index contributed by atoms with van der Waals surface area (Å²) in [7, 11) is 0. The van der Waals surface area contributed by atoms with Crippen molar-refractivity contribution in [3.05, 3.63) is 34.9 Å². The molecule has 0 aromatic heterocycles. The third-order valence-electron chi connectivity index (χ3n) is 4.98. The number of carbonyl (C=O) groups excluding carboxylic acids is 2. The van der Waals surface area contributed by atoms with Gasteiger partial charge in [0, 0.05) is 12.6 Å². The summed E-state index contributed by atoms with van der Waals surface area (Å²) in [6.45, 7) is 0.416. The lowest BCUT2D eigenvalue weighted by atomic mass is 9.97. The van der Waals surface area contributed by atoms with E-state index in [1.54, 1.807) is 24.3 Å². The Labute approximate surface area is 169 Å². The molecule has 0 bridgehead atoms. The highest BCUT2D eigenvalue weighted by atomic mass is 35.5. The number of thioether (sulfide) groups is 1. The number of benzene rings is 1. The van der Waals surface area contributed by atoms with E-state index in [4.69, 9.17) is 11.6 Å². The molecule has 1 heterocycles. The Balaban J connectivity index is 1.42. The largest absolute Gasteiger partial charge is 0.362 e. The zero-order chi connectivity index (χ0) is 19.1. The minimum absolute atomic E-state index is 0.111. The van der Waals surface area contributed by atoms with Crippen molar-refractivity contribution < 1.29 is 9.59 Å². The zero-order valence-corrected chi connectivity index (χ0v) is 17.0. The molecule has 0 saturated heterocycles. The smallest absolute Gasteiger partial charge is 0.261 e. The predicted octanol–water partition coefficient (Wildman–Crippen LogP) is 4.16. The van der Waals surface area contributed by atoms with Gasteiger partial charge in [-0.3, -0.25) is 9.59 Å². The van der Waals surface area contributed by atoms with Gasteiger partial charge in [0.1, 0.15) is 0 Å². The molecule has 1 unspecified atom stereocenters. The van der Waals surface area contributed by atoms with Crippen LogP contribution in [0.2, 0.25) is 5.02 Å². The molecule has 1 aliphatic heterocycles. The van der Waals surface area contributed by atoms with Crippen LogP contribution in [-0.4, -0.2) is 34.8 Å². The van der Waals surface area contributed by atoms with E-state index in [2.05, 4.69) is 15.6 Å². The van der Waals surface area contributed by atoms with E-state index >= 15 is 0 Å². The van der Waals surface area contributed by atoms with Gasteiger partial charge in [0.2, 0.25) is 0 Å². The molecule has 1 aromatic rings. The van der Waals surface area contributed by atoms with Crippen LogP contribution in [0.1, 0.15) is 61.7 Å². The molecule has 1 atom stereocenters. The molecule has 1 fully saturated rings. The van der Waals surface area contributed by atoms with E-state index in [1.807, 2.05) is 0 Å². The van der Waals surface area contributed by atoms with Crippen LogP contribution in [0.25, 0.3) is 0 Å². The van der Waals surface area contributed by atoms with Gasteiger partial charge in [0.25, 0.3) is 11.8 Å². The summed E-state index contributed by atoms with van der Waals surface area (Å²) < 4.78 is 0. The van der Waals surface area contributed by atoms with Gasteiger partial charge in [0.05, 0.1) is 15.8 Å². The first-order valence-corrected chi connectivity index (χ1v) is 11.0. The van der Waals surface area contributed by atoms with Crippen LogP contribution in [0.3, 0.4) is 0 Å². The molecule has 2 amide bonds. The summed E-state index contributed by atoms with van der Waals surface area (Å²) in [6, 6.07) is 7.36. The monoisotopic (exact) mass is 407 g/mol. The number of nitrogens with one attached hydrogen (secondary N) is 2. The quantitative estimate of drug-likeness (QED) is 0.768. The van der Waals surface area contributed by atoms with Crippen LogP contribution >= 0.6 is 23.4 Å². The second-order valence-electron chi connectivity index (χ2n) is 7.07. The van der Waals surface area contributed by atoms with Crippen LogP contribution in [0, 0.1) is 0 Å². The van der Waals surface area contributed by atoms with Crippen LogP contribution in [0.5, 0.6) is 0 Å². The minimum Gasteiger partial charge on any atom is -0.362 e. The molecule has 1 saturated carbocycles. The van der Waals surface area contributed by atoms with E-state index in [-0.39, 0.29) is 17.1 Å². The lowest BCUT2D eigenvalue weighted by Gasteiger charge is -2.21. The van der Waals surface area contributed by atoms with Crippen LogP contribution in [0.4, 0.5) is 0 Å². The SMILES string of the molecule is O=C(NCCC1SC(NC2CCCCCCC2)=NC1=O)c1ccccc1Cl. The fraction of sp³-hybridized carbons (Fsp3) is 0.550. The van der Waals surface area contributed by atoms with Crippen molar-refractivity contribution in [2.45, 2.75) is 62.7 Å². The molecule has 27 heavy (non-hydrogen) atoms. The standard InChI is InChI=1S/C20H26ClN3O2S/c21-16-11-7-6-10-15(16)18(25)22-13-12-17-19(26)24-20(27-17)23-14-8-4-2-1-3-5-9-14/h6-7,10-11,14,17H,1-5,8-9,12-13H2,(H,22,25)(H,23,24,26). The van der Waals surface area contributed by atoms with Crippen molar-refractivity contribution in [2.75, 3.05) is 6.54 Å². The van der Waals surface area contributed by atoms with Crippen LogP contribution in [0.15, 0.2) is 29.3 Å². The van der Waals surface area contributed by atoms with Crippen molar-refractivity contribution in [1.29, 1.82) is 0 Å². The average molecular weight is 408 g/mol. The number of hydrogen-bond donors (Lipinski definition) is 2. The minimum atomic E-state index is -0.229. The number of carbonyl (C=O) groups is 2. The van der Waals surface area contributed by atoms with Crippen molar-refractivity contribution in [2.24, 2.45) is 4.99 Å². The molecule has 1 aliphatic carbocycles. The molecule has 5 nitrogen and oxygen atoms in total. The molecule has 146 valence electrons. The van der Waals surface area contributed by atoms with Gasteiger partial charge < -0.3 is 10.6 Å². The summed E-state index contributed by atoms with van der Waals surface area (Å²) in [5, 5.41) is 7.24. The lowest BCUT2D eigenvalue weighted by molar-refractivity contribution is -0.117. The molecule has 0 spiro atoms. The summed E-state index contributed by atoms with van der Waals surface area (Å²) in [4.78, 5) is 28.5. The summed E-state index contributed by atoms with van der Waals surface area (Å²) in [5.74, 6) is -0.329. The topological polar surface area (TPSA) is 70.6 Å². The average Bonchev–Trinajstić information content (AvgIpc) is 2.97. The van der Waals surface area contributed by atoms with E-state index in [0.29, 0.717) is 29.6 Å². The predicted molar refractivity (Wildman–Crippen MR) is 111 cm³/mol. The highest BCUT2D eigenvalue weighted by Crippen LogP contribution is 2.26. The Morgan fingerprint density at radius 2 is 1.85 bits per heavy atom. The van der Waals surface area contributed by atoms with Gasteiger partial charge in [-0.2, -0.15) is 4.99 Å². The molecular weight excluding hydrogens is 382 g/mol. The van der Waals surface area contributed by atoms with Crippen molar-refractivity contribution in [1.82, 2.24) is 10.6 Å². The Hall–Kier alpha value is -1.53. The second-order valence-corrected chi connectivity index (χ2v) is 8.67. The molecule has 2 aliphatic rings. The van der Waals surface area contributed by atoms with E-state index < -0.39 is 0 Å². The van der Waals surface area contributed by atoms with Crippen molar-refractivity contribution in [3.8, 4) is 0 Å². The molecule has 0 radical (unpaired) electrons. The third-order valence-corrected chi connectivity index (χ3v) is 6.47. The Morgan fingerprint density at radius 1 is 1.15 bits per heavy atom. The van der Waals surface area contributed by atoms with Crippen LogP contribution in [-0.2, 0) is 4.79 Å². The van der Waals surface area contributed by atoms with E-state index in [9.17, 15) is 9.59 Å². The fourth-order valence-corrected chi connectivity index (χ4v) is 4.72.